The van der Waals surface area contributed by atoms with E-state index >= 15 is 0 Å². The van der Waals surface area contributed by atoms with Gasteiger partial charge in [0.2, 0.25) is 5.91 Å². The van der Waals surface area contributed by atoms with E-state index in [1.165, 1.54) is 0 Å². The van der Waals surface area contributed by atoms with Crippen molar-refractivity contribution in [3.8, 4) is 16.9 Å². The fourth-order valence-corrected chi connectivity index (χ4v) is 2.38. The van der Waals surface area contributed by atoms with Gasteiger partial charge >= 0.3 is 0 Å². The molecule has 5 nitrogen and oxygen atoms in total. The molecule has 0 saturated carbocycles. The van der Waals surface area contributed by atoms with Gasteiger partial charge in [-0.2, -0.15) is 0 Å². The van der Waals surface area contributed by atoms with Gasteiger partial charge in [-0.05, 0) is 42.8 Å². The number of methoxy groups -OCH3 is 1. The number of aryl methyl sites for hydroxylation is 1. The predicted octanol–water partition coefficient (Wildman–Crippen LogP) is 2.71. The smallest absolute Gasteiger partial charge is 0.248 e. The summed E-state index contributed by atoms with van der Waals surface area (Å²) in [5.41, 5.74) is 8.40. The summed E-state index contributed by atoms with van der Waals surface area (Å²) in [5, 5.41) is 0.926. The van der Waals surface area contributed by atoms with E-state index < -0.39 is 5.91 Å². The van der Waals surface area contributed by atoms with Crippen LogP contribution in [-0.4, -0.2) is 23.0 Å². The second-order valence-electron chi connectivity index (χ2n) is 4.97. The van der Waals surface area contributed by atoms with Crippen LogP contribution < -0.4 is 10.5 Å². The predicted molar refractivity (Wildman–Crippen MR) is 84.8 cm³/mol. The number of carbonyl (C=O) groups is 1. The lowest BCUT2D eigenvalue weighted by Crippen LogP contribution is -2.10. The number of amides is 1. The highest BCUT2D eigenvalue weighted by molar-refractivity contribution is 5.95. The molecule has 0 unspecified atom stereocenters. The van der Waals surface area contributed by atoms with Crippen LogP contribution in [0, 0.1) is 6.92 Å². The third-order valence-electron chi connectivity index (χ3n) is 3.50. The molecule has 0 aliphatic carbocycles. The summed E-state index contributed by atoms with van der Waals surface area (Å²) in [5.74, 6) is 0.939. The zero-order valence-electron chi connectivity index (χ0n) is 12.3. The molecule has 0 aliphatic heterocycles. The molecule has 1 aromatic heterocycles. The fourth-order valence-electron chi connectivity index (χ4n) is 2.38. The third-order valence-corrected chi connectivity index (χ3v) is 3.50. The van der Waals surface area contributed by atoms with Gasteiger partial charge in [-0.1, -0.05) is 6.07 Å². The number of hydrogen-bond donors (Lipinski definition) is 1. The lowest BCUT2D eigenvalue weighted by Gasteiger charge is -2.11. The Bertz CT molecular complexity index is 875. The van der Waals surface area contributed by atoms with Crippen molar-refractivity contribution in [3.63, 3.8) is 0 Å². The normalized spacial score (nSPS) is 10.6. The van der Waals surface area contributed by atoms with Crippen LogP contribution in [0.4, 0.5) is 0 Å². The van der Waals surface area contributed by atoms with Crippen molar-refractivity contribution in [1.82, 2.24) is 9.97 Å². The first kappa shape index (κ1) is 14.0. The average Bonchev–Trinajstić information content (AvgIpc) is 2.53. The summed E-state index contributed by atoms with van der Waals surface area (Å²) < 4.78 is 5.38. The van der Waals surface area contributed by atoms with Gasteiger partial charge in [-0.15, -0.1) is 0 Å². The standard InChI is InChI=1S/C17H15N3O2/c1-10-19-9-13-7-11(3-5-15(13)20-10)14-8-12(17(18)21)4-6-16(14)22-2/h3-9H,1-2H3,(H2,18,21). The Kier molecular flexibility index (Phi) is 3.47. The van der Waals surface area contributed by atoms with Crippen LogP contribution in [0.15, 0.2) is 42.6 Å². The minimum Gasteiger partial charge on any atom is -0.496 e. The quantitative estimate of drug-likeness (QED) is 0.805. The Morgan fingerprint density at radius 2 is 2.00 bits per heavy atom. The van der Waals surface area contributed by atoms with Gasteiger partial charge in [-0.25, -0.2) is 9.97 Å². The van der Waals surface area contributed by atoms with E-state index in [9.17, 15) is 4.79 Å². The number of aromatic nitrogens is 2. The number of primary amides is 1. The highest BCUT2D eigenvalue weighted by Gasteiger charge is 2.10. The second kappa shape index (κ2) is 5.44. The van der Waals surface area contributed by atoms with Crippen LogP contribution in [-0.2, 0) is 0 Å². The number of hydrogen-bond acceptors (Lipinski definition) is 4. The molecule has 0 fully saturated rings. The highest BCUT2D eigenvalue weighted by atomic mass is 16.5. The molecule has 0 atom stereocenters. The number of ether oxygens (including phenoxy) is 1. The van der Waals surface area contributed by atoms with E-state index in [1.54, 1.807) is 31.5 Å². The van der Waals surface area contributed by atoms with Crippen molar-refractivity contribution >= 4 is 16.8 Å². The minimum absolute atomic E-state index is 0.441. The Morgan fingerprint density at radius 3 is 2.73 bits per heavy atom. The topological polar surface area (TPSA) is 78.1 Å². The van der Waals surface area contributed by atoms with Crippen LogP contribution in [0.25, 0.3) is 22.0 Å². The molecule has 2 N–H and O–H groups in total. The van der Waals surface area contributed by atoms with Gasteiger partial charge in [0.15, 0.2) is 0 Å². The Hall–Kier alpha value is -2.95. The molecule has 3 aromatic rings. The molecule has 3 rings (SSSR count). The Morgan fingerprint density at radius 1 is 1.18 bits per heavy atom. The molecular formula is C17H15N3O2. The van der Waals surface area contributed by atoms with E-state index in [4.69, 9.17) is 10.5 Å². The van der Waals surface area contributed by atoms with Gasteiger partial charge in [0.1, 0.15) is 11.6 Å². The van der Waals surface area contributed by atoms with Gasteiger partial charge in [0, 0.05) is 22.7 Å². The van der Waals surface area contributed by atoms with E-state index in [0.717, 1.165) is 27.9 Å². The third kappa shape index (κ3) is 2.48. The minimum atomic E-state index is -0.469. The maximum absolute atomic E-state index is 11.4. The van der Waals surface area contributed by atoms with Gasteiger partial charge in [-0.3, -0.25) is 4.79 Å². The Labute approximate surface area is 127 Å². The van der Waals surface area contributed by atoms with Gasteiger partial charge in [0.25, 0.3) is 0 Å². The summed E-state index contributed by atoms with van der Waals surface area (Å²) in [4.78, 5) is 20.0. The van der Waals surface area contributed by atoms with Crippen molar-refractivity contribution in [1.29, 1.82) is 0 Å². The molecule has 110 valence electrons. The van der Waals surface area contributed by atoms with Gasteiger partial charge in [0.05, 0.1) is 12.6 Å². The first-order valence-electron chi connectivity index (χ1n) is 6.80. The molecule has 2 aromatic carbocycles. The summed E-state index contributed by atoms with van der Waals surface area (Å²) in [7, 11) is 1.59. The Balaban J connectivity index is 2.19. The molecule has 1 heterocycles. The number of fused-ring (bicyclic) bond motifs is 1. The second-order valence-corrected chi connectivity index (χ2v) is 4.97. The van der Waals surface area contributed by atoms with Crippen molar-refractivity contribution in [2.45, 2.75) is 6.92 Å². The molecule has 0 radical (unpaired) electrons. The molecule has 1 amide bonds. The maximum Gasteiger partial charge on any atom is 0.248 e. The monoisotopic (exact) mass is 293 g/mol. The van der Waals surface area contributed by atoms with Crippen LogP contribution in [0.3, 0.4) is 0 Å². The van der Waals surface area contributed by atoms with Crippen LogP contribution in [0.1, 0.15) is 16.2 Å². The first-order chi connectivity index (χ1) is 10.6. The largest absolute Gasteiger partial charge is 0.496 e. The molecule has 0 aliphatic rings. The number of nitrogens with zero attached hydrogens (tertiary/aromatic N) is 2. The van der Waals surface area contributed by atoms with E-state index in [1.807, 2.05) is 25.1 Å². The molecule has 5 heteroatoms. The van der Waals surface area contributed by atoms with Crippen molar-refractivity contribution in [2.75, 3.05) is 7.11 Å². The van der Waals surface area contributed by atoms with E-state index in [-0.39, 0.29) is 0 Å². The lowest BCUT2D eigenvalue weighted by molar-refractivity contribution is 0.100. The number of carbonyl (C=O) groups excluding carboxylic acids is 1. The number of benzene rings is 2. The molecule has 0 saturated heterocycles. The van der Waals surface area contributed by atoms with Crippen LogP contribution >= 0.6 is 0 Å². The van der Waals surface area contributed by atoms with E-state index in [0.29, 0.717) is 11.3 Å². The summed E-state index contributed by atoms with van der Waals surface area (Å²) >= 11 is 0. The first-order valence-corrected chi connectivity index (χ1v) is 6.80. The SMILES string of the molecule is COc1ccc(C(N)=O)cc1-c1ccc2nc(C)ncc2c1. The lowest BCUT2D eigenvalue weighted by atomic mass is 10.00. The number of nitrogens with two attached hydrogens (primary N) is 1. The summed E-state index contributed by atoms with van der Waals surface area (Å²) in [6, 6.07) is 11.0. The number of rotatable bonds is 3. The van der Waals surface area contributed by atoms with Crippen molar-refractivity contribution in [3.05, 3.63) is 54.0 Å². The van der Waals surface area contributed by atoms with E-state index in [2.05, 4.69) is 9.97 Å². The van der Waals surface area contributed by atoms with Gasteiger partial charge < -0.3 is 10.5 Å². The molecule has 22 heavy (non-hydrogen) atoms. The zero-order valence-corrected chi connectivity index (χ0v) is 12.3. The summed E-state index contributed by atoms with van der Waals surface area (Å²) in [6.07, 6.45) is 1.78. The van der Waals surface area contributed by atoms with Crippen LogP contribution in [0.2, 0.25) is 0 Å². The van der Waals surface area contributed by atoms with Crippen molar-refractivity contribution < 1.29 is 9.53 Å². The highest BCUT2D eigenvalue weighted by Crippen LogP contribution is 2.32. The van der Waals surface area contributed by atoms with Crippen LogP contribution in [0.5, 0.6) is 5.75 Å². The molecule has 0 spiro atoms. The molecular weight excluding hydrogens is 278 g/mol. The fraction of sp³-hybridized carbons (Fsp3) is 0.118. The molecule has 0 bridgehead atoms. The maximum atomic E-state index is 11.4. The average molecular weight is 293 g/mol. The van der Waals surface area contributed by atoms with Crippen molar-refractivity contribution in [2.24, 2.45) is 5.73 Å². The summed E-state index contributed by atoms with van der Waals surface area (Å²) in [6.45, 7) is 1.85. The zero-order chi connectivity index (χ0) is 15.7.